The van der Waals surface area contributed by atoms with Gasteiger partial charge in [-0.05, 0) is 25.3 Å². The van der Waals surface area contributed by atoms with Gasteiger partial charge in [0.05, 0.1) is 7.11 Å². The molecule has 0 spiro atoms. The van der Waals surface area contributed by atoms with Gasteiger partial charge in [-0.2, -0.15) is 0 Å². The molecule has 4 heteroatoms. The first-order valence-electron chi connectivity index (χ1n) is 5.74. The van der Waals surface area contributed by atoms with Crippen molar-refractivity contribution in [3.05, 3.63) is 0 Å². The van der Waals surface area contributed by atoms with Crippen molar-refractivity contribution in [1.82, 2.24) is 4.90 Å². The Morgan fingerprint density at radius 3 is 2.93 bits per heavy atom. The van der Waals surface area contributed by atoms with E-state index in [4.69, 9.17) is 10.5 Å². The molecule has 0 aromatic heterocycles. The van der Waals surface area contributed by atoms with Gasteiger partial charge >= 0.3 is 5.97 Å². The Morgan fingerprint density at radius 2 is 2.40 bits per heavy atom. The van der Waals surface area contributed by atoms with Crippen LogP contribution in [0.5, 0.6) is 0 Å². The van der Waals surface area contributed by atoms with Crippen molar-refractivity contribution in [2.24, 2.45) is 11.7 Å². The molecule has 1 rings (SSSR count). The first-order chi connectivity index (χ1) is 7.22. The Kier molecular flexibility index (Phi) is 5.05. The second kappa shape index (κ2) is 6.08. The summed E-state index contributed by atoms with van der Waals surface area (Å²) in [6.45, 7) is 4.52. The number of likely N-dealkylation sites (tertiary alicyclic amines) is 1. The first-order valence-corrected chi connectivity index (χ1v) is 5.74. The largest absolute Gasteiger partial charge is 0.468 e. The van der Waals surface area contributed by atoms with Crippen LogP contribution in [-0.4, -0.2) is 43.7 Å². The van der Waals surface area contributed by atoms with Crippen molar-refractivity contribution in [3.8, 4) is 0 Å². The average molecular weight is 214 g/mol. The lowest BCUT2D eigenvalue weighted by Crippen LogP contribution is -2.45. The number of esters is 1. The molecule has 1 aliphatic rings. The summed E-state index contributed by atoms with van der Waals surface area (Å²) < 4.78 is 4.75. The number of nitrogens with zero attached hydrogens (tertiary/aromatic N) is 1. The van der Waals surface area contributed by atoms with Gasteiger partial charge in [0.2, 0.25) is 0 Å². The second-order valence-electron chi connectivity index (χ2n) is 4.21. The molecule has 15 heavy (non-hydrogen) atoms. The molecule has 2 atom stereocenters. The maximum Gasteiger partial charge on any atom is 0.324 e. The normalized spacial score (nSPS) is 24.1. The quantitative estimate of drug-likeness (QED) is 0.681. The maximum atomic E-state index is 11.5. The highest BCUT2D eigenvalue weighted by molar-refractivity contribution is 5.76. The maximum absolute atomic E-state index is 11.5. The van der Waals surface area contributed by atoms with E-state index in [-0.39, 0.29) is 12.0 Å². The third-order valence-electron chi connectivity index (χ3n) is 3.15. The van der Waals surface area contributed by atoms with E-state index in [0.29, 0.717) is 6.54 Å². The highest BCUT2D eigenvalue weighted by atomic mass is 16.5. The van der Waals surface area contributed by atoms with Crippen molar-refractivity contribution in [1.29, 1.82) is 0 Å². The van der Waals surface area contributed by atoms with Crippen LogP contribution >= 0.6 is 0 Å². The molecule has 1 saturated heterocycles. The summed E-state index contributed by atoms with van der Waals surface area (Å²) in [7, 11) is 1.42. The molecule has 0 aromatic rings. The highest BCUT2D eigenvalue weighted by Crippen LogP contribution is 2.22. The summed E-state index contributed by atoms with van der Waals surface area (Å²) in [5.74, 6) is 0.531. The molecule has 2 unspecified atom stereocenters. The minimum absolute atomic E-state index is 0.199. The topological polar surface area (TPSA) is 55.6 Å². The molecule has 1 fully saturated rings. The van der Waals surface area contributed by atoms with Crippen LogP contribution < -0.4 is 5.73 Å². The first kappa shape index (κ1) is 12.5. The van der Waals surface area contributed by atoms with Gasteiger partial charge in [0.25, 0.3) is 0 Å². The van der Waals surface area contributed by atoms with Crippen molar-refractivity contribution >= 4 is 5.97 Å². The Hall–Kier alpha value is -0.610. The van der Waals surface area contributed by atoms with Gasteiger partial charge in [-0.15, -0.1) is 0 Å². The van der Waals surface area contributed by atoms with Gasteiger partial charge in [-0.3, -0.25) is 9.69 Å². The lowest BCUT2D eigenvalue weighted by Gasteiger charge is -2.24. The molecule has 88 valence electrons. The Balaban J connectivity index is 2.46. The Labute approximate surface area is 91.8 Å². The van der Waals surface area contributed by atoms with E-state index in [0.717, 1.165) is 19.0 Å². The molecule has 0 aromatic carbocycles. The average Bonchev–Trinajstić information content (AvgIpc) is 2.68. The van der Waals surface area contributed by atoms with Crippen LogP contribution in [-0.2, 0) is 9.53 Å². The van der Waals surface area contributed by atoms with Crippen molar-refractivity contribution in [2.75, 3.05) is 26.7 Å². The lowest BCUT2D eigenvalue weighted by atomic mass is 10.0. The molecular weight excluding hydrogens is 192 g/mol. The molecule has 1 aliphatic heterocycles. The predicted molar refractivity (Wildman–Crippen MR) is 59.4 cm³/mol. The van der Waals surface area contributed by atoms with Gasteiger partial charge in [0.1, 0.15) is 6.04 Å². The zero-order valence-corrected chi connectivity index (χ0v) is 9.74. The zero-order chi connectivity index (χ0) is 11.3. The van der Waals surface area contributed by atoms with Gasteiger partial charge in [0.15, 0.2) is 0 Å². The fraction of sp³-hybridized carbons (Fsp3) is 0.909. The predicted octanol–water partition coefficient (Wildman–Crippen LogP) is 0.609. The van der Waals surface area contributed by atoms with Crippen LogP contribution in [0.2, 0.25) is 0 Å². The fourth-order valence-corrected chi connectivity index (χ4v) is 2.32. The van der Waals surface area contributed by atoms with Gasteiger partial charge < -0.3 is 10.5 Å². The third kappa shape index (κ3) is 3.18. The standard InChI is InChI=1S/C11H22N2O2/c1-3-4-9-5-6-13(8-9)10(7-12)11(14)15-2/h9-10H,3-8,12H2,1-2H3. The molecule has 0 radical (unpaired) electrons. The minimum atomic E-state index is -0.239. The van der Waals surface area contributed by atoms with Crippen LogP contribution in [0.1, 0.15) is 26.2 Å². The number of carbonyl (C=O) groups excluding carboxylic acids is 1. The SMILES string of the molecule is CCCC1CCN(C(CN)C(=O)OC)C1. The monoisotopic (exact) mass is 214 g/mol. The van der Waals surface area contributed by atoms with E-state index < -0.39 is 0 Å². The van der Waals surface area contributed by atoms with E-state index in [1.165, 1.54) is 26.4 Å². The zero-order valence-electron chi connectivity index (χ0n) is 9.74. The molecule has 4 nitrogen and oxygen atoms in total. The summed E-state index contributed by atoms with van der Waals surface area (Å²) >= 11 is 0. The van der Waals surface area contributed by atoms with Crippen molar-refractivity contribution in [2.45, 2.75) is 32.2 Å². The number of methoxy groups -OCH3 is 1. The molecule has 2 N–H and O–H groups in total. The Bertz CT molecular complexity index is 209. The van der Waals surface area contributed by atoms with Crippen molar-refractivity contribution in [3.63, 3.8) is 0 Å². The van der Waals surface area contributed by atoms with Gasteiger partial charge in [-0.25, -0.2) is 0 Å². The van der Waals surface area contributed by atoms with E-state index in [2.05, 4.69) is 11.8 Å². The minimum Gasteiger partial charge on any atom is -0.468 e. The summed E-state index contributed by atoms with van der Waals surface area (Å²) in [5.41, 5.74) is 5.61. The van der Waals surface area contributed by atoms with Crippen LogP contribution in [0.25, 0.3) is 0 Å². The molecule has 0 amide bonds. The van der Waals surface area contributed by atoms with Crippen molar-refractivity contribution < 1.29 is 9.53 Å². The van der Waals surface area contributed by atoms with Crippen LogP contribution in [0.4, 0.5) is 0 Å². The van der Waals surface area contributed by atoms with Crippen LogP contribution in [0.15, 0.2) is 0 Å². The van der Waals surface area contributed by atoms with Crippen LogP contribution in [0, 0.1) is 5.92 Å². The summed E-state index contributed by atoms with van der Waals surface area (Å²) in [5, 5.41) is 0. The molecule has 0 bridgehead atoms. The van der Waals surface area contributed by atoms with Crippen LogP contribution in [0.3, 0.4) is 0 Å². The van der Waals surface area contributed by atoms with E-state index in [1.807, 2.05) is 0 Å². The van der Waals surface area contributed by atoms with E-state index >= 15 is 0 Å². The molecule has 0 aliphatic carbocycles. The highest BCUT2D eigenvalue weighted by Gasteiger charge is 2.31. The second-order valence-corrected chi connectivity index (χ2v) is 4.21. The van der Waals surface area contributed by atoms with E-state index in [9.17, 15) is 4.79 Å². The Morgan fingerprint density at radius 1 is 1.67 bits per heavy atom. The number of carbonyl (C=O) groups is 1. The summed E-state index contributed by atoms with van der Waals surface area (Å²) in [6.07, 6.45) is 3.64. The number of ether oxygens (including phenoxy) is 1. The number of nitrogens with two attached hydrogens (primary N) is 1. The summed E-state index contributed by atoms with van der Waals surface area (Å²) in [6, 6.07) is -0.239. The number of hydrogen-bond donors (Lipinski definition) is 1. The fourth-order valence-electron chi connectivity index (χ4n) is 2.32. The molecular formula is C11H22N2O2. The summed E-state index contributed by atoms with van der Waals surface area (Å²) in [4.78, 5) is 13.6. The van der Waals surface area contributed by atoms with Gasteiger partial charge in [0, 0.05) is 13.1 Å². The lowest BCUT2D eigenvalue weighted by molar-refractivity contribution is -0.146. The number of hydrogen-bond acceptors (Lipinski definition) is 4. The van der Waals surface area contributed by atoms with Gasteiger partial charge in [-0.1, -0.05) is 13.3 Å². The third-order valence-corrected chi connectivity index (χ3v) is 3.15. The molecule has 0 saturated carbocycles. The number of rotatable bonds is 5. The van der Waals surface area contributed by atoms with E-state index in [1.54, 1.807) is 0 Å². The smallest absolute Gasteiger partial charge is 0.324 e. The molecule has 1 heterocycles.